The molecule has 0 aliphatic heterocycles. The Bertz CT molecular complexity index is 978. The van der Waals surface area contributed by atoms with Crippen molar-refractivity contribution in [1.29, 1.82) is 0 Å². The van der Waals surface area contributed by atoms with Gasteiger partial charge in [0.2, 0.25) is 0 Å². The Balaban J connectivity index is 2.11. The van der Waals surface area contributed by atoms with E-state index >= 15 is 0 Å². The fraction of sp³-hybridized carbons (Fsp3) is 0.143. The zero-order valence-electron chi connectivity index (χ0n) is 14.9. The van der Waals surface area contributed by atoms with Gasteiger partial charge in [0.05, 0.1) is 17.1 Å². The summed E-state index contributed by atoms with van der Waals surface area (Å²) in [7, 11) is -3.72. The summed E-state index contributed by atoms with van der Waals surface area (Å²) < 4.78 is 28.2. The van der Waals surface area contributed by atoms with Crippen LogP contribution >= 0.6 is 0 Å². The summed E-state index contributed by atoms with van der Waals surface area (Å²) in [5.74, 6) is 0. The lowest BCUT2D eigenvalue weighted by Crippen LogP contribution is -2.30. The molecule has 0 fully saturated rings. The Kier molecular flexibility index (Phi) is 5.00. The summed E-state index contributed by atoms with van der Waals surface area (Å²) in [6.45, 7) is 4.19. The number of anilines is 2. The van der Waals surface area contributed by atoms with E-state index in [2.05, 4.69) is 0 Å². The molecule has 4 nitrogen and oxygen atoms in total. The van der Waals surface area contributed by atoms with Crippen LogP contribution in [0.2, 0.25) is 0 Å². The molecule has 0 radical (unpaired) electrons. The second-order valence-electron chi connectivity index (χ2n) is 6.41. The van der Waals surface area contributed by atoms with Crippen molar-refractivity contribution in [3.63, 3.8) is 0 Å². The van der Waals surface area contributed by atoms with Gasteiger partial charge < -0.3 is 5.73 Å². The van der Waals surface area contributed by atoms with Gasteiger partial charge in [0.1, 0.15) is 0 Å². The van der Waals surface area contributed by atoms with E-state index in [4.69, 9.17) is 5.73 Å². The molecule has 3 aromatic rings. The van der Waals surface area contributed by atoms with Gasteiger partial charge in [-0.1, -0.05) is 36.4 Å². The van der Waals surface area contributed by atoms with Gasteiger partial charge >= 0.3 is 0 Å². The van der Waals surface area contributed by atoms with Crippen molar-refractivity contribution < 1.29 is 8.42 Å². The highest BCUT2D eigenvalue weighted by molar-refractivity contribution is 7.92. The van der Waals surface area contributed by atoms with E-state index in [9.17, 15) is 8.42 Å². The molecule has 5 heteroatoms. The van der Waals surface area contributed by atoms with E-state index < -0.39 is 10.0 Å². The Morgan fingerprint density at radius 2 is 1.42 bits per heavy atom. The van der Waals surface area contributed by atoms with Crippen molar-refractivity contribution in [2.24, 2.45) is 0 Å². The zero-order chi connectivity index (χ0) is 18.7. The molecule has 0 aromatic heterocycles. The number of nitrogens with zero attached hydrogens (tertiary/aromatic N) is 1. The molecular formula is C21H22N2O2S. The first-order valence-electron chi connectivity index (χ1n) is 8.37. The van der Waals surface area contributed by atoms with E-state index in [0.29, 0.717) is 11.4 Å². The fourth-order valence-corrected chi connectivity index (χ4v) is 4.36. The number of sulfonamides is 1. The van der Waals surface area contributed by atoms with Crippen LogP contribution in [0.3, 0.4) is 0 Å². The molecule has 0 bridgehead atoms. The number of benzene rings is 3. The largest absolute Gasteiger partial charge is 0.399 e. The van der Waals surface area contributed by atoms with E-state index in [-0.39, 0.29) is 11.4 Å². The second-order valence-corrected chi connectivity index (χ2v) is 8.27. The van der Waals surface area contributed by atoms with Gasteiger partial charge in [-0.05, 0) is 66.9 Å². The standard InChI is InChI=1S/C21H22N2O2S/c1-16-12-17(2)14-20(13-16)23(15-18-6-4-3-5-7-18)26(24,25)21-10-8-19(22)9-11-21/h3-14H,15,22H2,1-2H3. The highest BCUT2D eigenvalue weighted by Gasteiger charge is 2.25. The molecule has 3 rings (SSSR count). The molecule has 0 heterocycles. The Morgan fingerprint density at radius 1 is 0.846 bits per heavy atom. The number of hydrogen-bond donors (Lipinski definition) is 1. The lowest BCUT2D eigenvalue weighted by molar-refractivity contribution is 0.590. The third kappa shape index (κ3) is 3.89. The normalized spacial score (nSPS) is 11.3. The van der Waals surface area contributed by atoms with Crippen molar-refractivity contribution in [2.45, 2.75) is 25.3 Å². The minimum atomic E-state index is -3.72. The fourth-order valence-electron chi connectivity index (χ4n) is 2.93. The van der Waals surface area contributed by atoms with Gasteiger partial charge in [0.25, 0.3) is 10.0 Å². The van der Waals surface area contributed by atoms with Crippen LogP contribution in [-0.4, -0.2) is 8.42 Å². The van der Waals surface area contributed by atoms with Gasteiger partial charge in [-0.3, -0.25) is 4.31 Å². The molecule has 0 saturated carbocycles. The number of nitrogen functional groups attached to an aromatic ring is 1. The Labute approximate surface area is 155 Å². The molecule has 2 N–H and O–H groups in total. The minimum absolute atomic E-state index is 0.224. The zero-order valence-corrected chi connectivity index (χ0v) is 15.7. The van der Waals surface area contributed by atoms with Crippen LogP contribution < -0.4 is 10.0 Å². The number of aryl methyl sites for hydroxylation is 2. The van der Waals surface area contributed by atoms with E-state index in [1.807, 2.05) is 62.4 Å². The van der Waals surface area contributed by atoms with Crippen molar-refractivity contribution in [1.82, 2.24) is 0 Å². The second kappa shape index (κ2) is 7.22. The van der Waals surface area contributed by atoms with Crippen LogP contribution in [0.25, 0.3) is 0 Å². The molecule has 26 heavy (non-hydrogen) atoms. The van der Waals surface area contributed by atoms with Gasteiger partial charge in [-0.25, -0.2) is 8.42 Å². The minimum Gasteiger partial charge on any atom is -0.399 e. The lowest BCUT2D eigenvalue weighted by Gasteiger charge is -2.25. The van der Waals surface area contributed by atoms with Crippen LogP contribution in [0, 0.1) is 13.8 Å². The summed E-state index contributed by atoms with van der Waals surface area (Å²) in [5.41, 5.74) is 9.86. The van der Waals surface area contributed by atoms with E-state index in [0.717, 1.165) is 16.7 Å². The van der Waals surface area contributed by atoms with Gasteiger partial charge in [-0.15, -0.1) is 0 Å². The number of hydrogen-bond acceptors (Lipinski definition) is 3. The molecule has 0 unspecified atom stereocenters. The molecule has 0 atom stereocenters. The van der Waals surface area contributed by atoms with Gasteiger partial charge in [0.15, 0.2) is 0 Å². The smallest absolute Gasteiger partial charge is 0.264 e. The average molecular weight is 366 g/mol. The summed E-state index contributed by atoms with van der Waals surface area (Å²) in [6, 6.07) is 21.7. The average Bonchev–Trinajstić information content (AvgIpc) is 2.60. The van der Waals surface area contributed by atoms with Crippen LogP contribution in [0.5, 0.6) is 0 Å². The summed E-state index contributed by atoms with van der Waals surface area (Å²) >= 11 is 0. The predicted molar refractivity (Wildman–Crippen MR) is 107 cm³/mol. The summed E-state index contributed by atoms with van der Waals surface area (Å²) in [5, 5.41) is 0. The van der Waals surface area contributed by atoms with Crippen LogP contribution in [0.1, 0.15) is 16.7 Å². The lowest BCUT2D eigenvalue weighted by atomic mass is 10.1. The Morgan fingerprint density at radius 3 is 2.00 bits per heavy atom. The molecule has 0 spiro atoms. The van der Waals surface area contributed by atoms with Gasteiger partial charge in [-0.2, -0.15) is 0 Å². The van der Waals surface area contributed by atoms with Crippen LogP contribution in [0.4, 0.5) is 11.4 Å². The van der Waals surface area contributed by atoms with Crippen molar-refractivity contribution in [3.05, 3.63) is 89.5 Å². The van der Waals surface area contributed by atoms with Crippen LogP contribution in [0.15, 0.2) is 77.7 Å². The molecule has 0 saturated heterocycles. The number of rotatable bonds is 5. The van der Waals surface area contributed by atoms with E-state index in [1.54, 1.807) is 24.3 Å². The quantitative estimate of drug-likeness (QED) is 0.686. The third-order valence-corrected chi connectivity index (χ3v) is 5.92. The highest BCUT2D eigenvalue weighted by Crippen LogP contribution is 2.28. The predicted octanol–water partition coefficient (Wildman–Crippen LogP) is 4.28. The maximum Gasteiger partial charge on any atom is 0.264 e. The topological polar surface area (TPSA) is 63.4 Å². The maximum atomic E-state index is 13.4. The highest BCUT2D eigenvalue weighted by atomic mass is 32.2. The SMILES string of the molecule is Cc1cc(C)cc(N(Cc2ccccc2)S(=O)(=O)c2ccc(N)cc2)c1. The molecule has 0 aliphatic carbocycles. The molecule has 0 amide bonds. The maximum absolute atomic E-state index is 13.4. The third-order valence-electron chi connectivity index (χ3n) is 4.13. The van der Waals surface area contributed by atoms with Crippen molar-refractivity contribution in [2.75, 3.05) is 10.0 Å². The van der Waals surface area contributed by atoms with Crippen molar-refractivity contribution >= 4 is 21.4 Å². The monoisotopic (exact) mass is 366 g/mol. The number of nitrogens with two attached hydrogens (primary N) is 1. The first kappa shape index (κ1) is 18.0. The first-order valence-corrected chi connectivity index (χ1v) is 9.81. The first-order chi connectivity index (χ1) is 12.4. The molecule has 134 valence electrons. The summed E-state index contributed by atoms with van der Waals surface area (Å²) in [4.78, 5) is 0.224. The molecule has 3 aromatic carbocycles. The van der Waals surface area contributed by atoms with Gasteiger partial charge in [0, 0.05) is 5.69 Å². The van der Waals surface area contributed by atoms with Crippen LogP contribution in [-0.2, 0) is 16.6 Å². The van der Waals surface area contributed by atoms with E-state index in [1.165, 1.54) is 4.31 Å². The Hall–Kier alpha value is -2.79. The summed E-state index contributed by atoms with van der Waals surface area (Å²) in [6.07, 6.45) is 0. The molecular weight excluding hydrogens is 344 g/mol. The molecule has 0 aliphatic rings. The van der Waals surface area contributed by atoms with Crippen molar-refractivity contribution in [3.8, 4) is 0 Å².